The van der Waals surface area contributed by atoms with Gasteiger partial charge in [0.15, 0.2) is 0 Å². The molecule has 0 fully saturated rings. The molecule has 0 aliphatic heterocycles. The van der Waals surface area contributed by atoms with Gasteiger partial charge in [-0.25, -0.2) is 4.57 Å². The van der Waals surface area contributed by atoms with Crippen LogP contribution >= 0.6 is 7.75 Å². The van der Waals surface area contributed by atoms with Crippen LogP contribution in [-0.4, -0.2) is 0 Å². The van der Waals surface area contributed by atoms with Gasteiger partial charge in [-0.05, 0) is 81.1 Å². The van der Waals surface area contributed by atoms with Gasteiger partial charge in [0.1, 0.15) is 11.5 Å². The molecule has 0 unspecified atom stereocenters. The van der Waals surface area contributed by atoms with E-state index in [1.807, 2.05) is 83.1 Å². The van der Waals surface area contributed by atoms with Gasteiger partial charge in [-0.1, -0.05) is 42.0 Å². The lowest BCUT2D eigenvalue weighted by Gasteiger charge is -2.23. The highest BCUT2D eigenvalue weighted by atomic mass is 31.2. The number of benzene rings is 3. The Labute approximate surface area is 167 Å². The number of aryl methyl sites for hydroxylation is 5. The minimum absolute atomic E-state index is 0.492. The molecule has 28 heavy (non-hydrogen) atoms. The monoisotopic (exact) mass is 395 g/mol. The second kappa shape index (κ2) is 8.12. The lowest BCUT2D eigenvalue weighted by molar-refractivity contribution is 0.392. The predicted octanol–water partition coefficient (Wildman–Crippen LogP) is 6.91. The molecule has 3 aromatic carbocycles. The summed E-state index contributed by atoms with van der Waals surface area (Å²) in [5.74, 6) is 0.983. The van der Waals surface area contributed by atoms with Crippen molar-refractivity contribution in [1.82, 2.24) is 0 Å². The molecule has 5 heteroatoms. The van der Waals surface area contributed by atoms with E-state index in [4.69, 9.17) is 9.05 Å². The van der Waals surface area contributed by atoms with Crippen LogP contribution in [-0.2, 0) is 4.57 Å². The second-order valence-electron chi connectivity index (χ2n) is 7.20. The third-order valence-corrected chi connectivity index (χ3v) is 5.76. The van der Waals surface area contributed by atoms with Crippen molar-refractivity contribution in [2.75, 3.05) is 5.09 Å². The molecule has 146 valence electrons. The van der Waals surface area contributed by atoms with E-state index >= 15 is 0 Å². The zero-order valence-electron chi connectivity index (χ0n) is 16.9. The maximum absolute atomic E-state index is 13.8. The van der Waals surface area contributed by atoms with Gasteiger partial charge in [0.2, 0.25) is 0 Å². The topological polar surface area (TPSA) is 47.6 Å². The van der Waals surface area contributed by atoms with Crippen molar-refractivity contribution in [3.05, 3.63) is 88.5 Å². The molecule has 4 nitrogen and oxygen atoms in total. The minimum Gasteiger partial charge on any atom is -0.400 e. The molecule has 0 heterocycles. The Bertz CT molecular complexity index is 971. The molecule has 0 aromatic heterocycles. The summed E-state index contributed by atoms with van der Waals surface area (Å²) < 4.78 is 25.6. The molecule has 0 spiro atoms. The Hall–Kier alpha value is -2.71. The number of hydrogen-bond acceptors (Lipinski definition) is 3. The molecule has 0 saturated carbocycles. The lowest BCUT2D eigenvalue weighted by atomic mass is 10.1. The van der Waals surface area contributed by atoms with Crippen LogP contribution in [0.1, 0.15) is 27.8 Å². The van der Waals surface area contributed by atoms with Crippen molar-refractivity contribution >= 4 is 13.4 Å². The number of anilines is 1. The standard InChI is InChI=1S/C23H26NO3P/c1-16-8-6-10-21(14-16)26-28(25,27-22-11-7-9-17(2)15-22)24-23-19(4)12-18(3)13-20(23)5/h6-15H,1-5H3,(H,24,25). The SMILES string of the molecule is Cc1cccc(OP(=O)(Nc2c(C)cc(C)cc2C)Oc2cccc(C)c2)c1. The van der Waals surface area contributed by atoms with Crippen LogP contribution in [0, 0.1) is 34.6 Å². The first kappa shape index (κ1) is 20.0. The van der Waals surface area contributed by atoms with Crippen LogP contribution < -0.4 is 14.1 Å². The first-order chi connectivity index (χ1) is 13.2. The summed E-state index contributed by atoms with van der Waals surface area (Å²) in [5, 5.41) is 3.07. The van der Waals surface area contributed by atoms with Crippen LogP contribution in [0.25, 0.3) is 0 Å². The fourth-order valence-electron chi connectivity index (χ4n) is 3.18. The molecule has 0 bridgehead atoms. The van der Waals surface area contributed by atoms with E-state index in [0.29, 0.717) is 11.5 Å². The summed E-state index contributed by atoms with van der Waals surface area (Å²) in [5.41, 5.74) is 5.91. The number of nitrogens with one attached hydrogen (secondary N) is 1. The second-order valence-corrected chi connectivity index (χ2v) is 8.78. The highest BCUT2D eigenvalue weighted by Gasteiger charge is 2.30. The summed E-state index contributed by atoms with van der Waals surface area (Å²) >= 11 is 0. The normalized spacial score (nSPS) is 11.2. The summed E-state index contributed by atoms with van der Waals surface area (Å²) in [7, 11) is -3.74. The Kier molecular flexibility index (Phi) is 5.81. The molecular formula is C23H26NO3P. The van der Waals surface area contributed by atoms with Gasteiger partial charge in [-0.15, -0.1) is 0 Å². The average molecular weight is 395 g/mol. The summed E-state index contributed by atoms with van der Waals surface area (Å²) in [6.07, 6.45) is 0. The lowest BCUT2D eigenvalue weighted by Crippen LogP contribution is -2.11. The van der Waals surface area contributed by atoms with Crippen LogP contribution in [0.3, 0.4) is 0 Å². The third-order valence-electron chi connectivity index (χ3n) is 4.36. The Balaban J connectivity index is 1.99. The van der Waals surface area contributed by atoms with Gasteiger partial charge in [0.05, 0.1) is 5.69 Å². The van der Waals surface area contributed by atoms with Gasteiger partial charge < -0.3 is 9.05 Å². The fourth-order valence-corrected chi connectivity index (χ4v) is 4.72. The highest BCUT2D eigenvalue weighted by Crippen LogP contribution is 2.49. The molecule has 0 amide bonds. The highest BCUT2D eigenvalue weighted by molar-refractivity contribution is 7.56. The van der Waals surface area contributed by atoms with Crippen LogP contribution in [0.5, 0.6) is 11.5 Å². The molecule has 0 aliphatic carbocycles. The summed E-state index contributed by atoms with van der Waals surface area (Å²) in [6.45, 7) is 9.91. The van der Waals surface area contributed by atoms with Gasteiger partial charge >= 0.3 is 7.75 Å². The number of hydrogen-bond donors (Lipinski definition) is 1. The largest absolute Gasteiger partial charge is 0.541 e. The first-order valence-electron chi connectivity index (χ1n) is 9.23. The van der Waals surface area contributed by atoms with Gasteiger partial charge in [-0.3, -0.25) is 5.09 Å². The van der Waals surface area contributed by atoms with E-state index in [0.717, 1.165) is 33.5 Å². The Morgan fingerprint density at radius 3 is 1.57 bits per heavy atom. The van der Waals surface area contributed by atoms with E-state index in [1.165, 1.54) is 0 Å². The van der Waals surface area contributed by atoms with E-state index in [9.17, 15) is 4.57 Å². The zero-order chi connectivity index (χ0) is 20.3. The van der Waals surface area contributed by atoms with Crippen molar-refractivity contribution in [3.63, 3.8) is 0 Å². The summed E-state index contributed by atoms with van der Waals surface area (Å²) in [4.78, 5) is 0. The molecule has 3 rings (SSSR count). The molecular weight excluding hydrogens is 369 g/mol. The van der Waals surface area contributed by atoms with E-state index in [2.05, 4.69) is 5.09 Å². The maximum atomic E-state index is 13.8. The zero-order valence-corrected chi connectivity index (χ0v) is 17.8. The molecule has 0 atom stereocenters. The van der Waals surface area contributed by atoms with Crippen molar-refractivity contribution in [2.45, 2.75) is 34.6 Å². The molecule has 0 radical (unpaired) electrons. The van der Waals surface area contributed by atoms with E-state index in [1.54, 1.807) is 12.1 Å². The summed E-state index contributed by atoms with van der Waals surface area (Å²) in [6, 6.07) is 18.9. The molecule has 0 saturated heterocycles. The van der Waals surface area contributed by atoms with Gasteiger partial charge in [0.25, 0.3) is 0 Å². The van der Waals surface area contributed by atoms with Gasteiger partial charge in [0, 0.05) is 0 Å². The van der Waals surface area contributed by atoms with Crippen molar-refractivity contribution < 1.29 is 13.6 Å². The smallest absolute Gasteiger partial charge is 0.400 e. The maximum Gasteiger partial charge on any atom is 0.541 e. The van der Waals surface area contributed by atoms with Crippen molar-refractivity contribution in [2.24, 2.45) is 0 Å². The quantitative estimate of drug-likeness (QED) is 0.461. The van der Waals surface area contributed by atoms with Gasteiger partial charge in [-0.2, -0.15) is 0 Å². The average Bonchev–Trinajstić information content (AvgIpc) is 2.58. The third kappa shape index (κ3) is 4.96. The molecule has 3 aromatic rings. The molecule has 0 aliphatic rings. The fraction of sp³-hybridized carbons (Fsp3) is 0.217. The first-order valence-corrected chi connectivity index (χ1v) is 10.8. The van der Waals surface area contributed by atoms with Crippen molar-refractivity contribution in [1.29, 1.82) is 0 Å². The van der Waals surface area contributed by atoms with Crippen LogP contribution in [0.4, 0.5) is 5.69 Å². The van der Waals surface area contributed by atoms with E-state index < -0.39 is 7.75 Å². The van der Waals surface area contributed by atoms with E-state index in [-0.39, 0.29) is 0 Å². The molecule has 1 N–H and O–H groups in total. The Morgan fingerprint density at radius 1 is 0.679 bits per heavy atom. The van der Waals surface area contributed by atoms with Crippen molar-refractivity contribution in [3.8, 4) is 11.5 Å². The van der Waals surface area contributed by atoms with Crippen LogP contribution in [0.2, 0.25) is 0 Å². The minimum atomic E-state index is -3.74. The predicted molar refractivity (Wildman–Crippen MR) is 115 cm³/mol. The Morgan fingerprint density at radius 2 is 1.14 bits per heavy atom. The number of rotatable bonds is 6. The van der Waals surface area contributed by atoms with Crippen LogP contribution in [0.15, 0.2) is 60.7 Å².